The first-order valence-electron chi connectivity index (χ1n) is 8.36. The smallest absolute Gasteiger partial charge is 0.436 e. The summed E-state index contributed by atoms with van der Waals surface area (Å²) < 4.78 is 10.7. The molecule has 0 saturated heterocycles. The van der Waals surface area contributed by atoms with Crippen LogP contribution in [0.1, 0.15) is 60.8 Å². The van der Waals surface area contributed by atoms with Gasteiger partial charge in [0.2, 0.25) is 0 Å². The number of nitrogens with zero attached hydrogens (tertiary/aromatic N) is 2. The number of rotatable bonds is 5. The molecular weight excluding hydrogens is 340 g/mol. The van der Waals surface area contributed by atoms with Gasteiger partial charge in [-0.1, -0.05) is 17.8 Å². The quantitative estimate of drug-likeness (QED) is 0.286. The van der Waals surface area contributed by atoms with Gasteiger partial charge < -0.3 is 9.47 Å². The van der Waals surface area contributed by atoms with Gasteiger partial charge >= 0.3 is 12.2 Å². The van der Waals surface area contributed by atoms with Gasteiger partial charge in [-0.3, -0.25) is 4.90 Å². The van der Waals surface area contributed by atoms with E-state index >= 15 is 0 Å². The number of aliphatic imine (C=N–C) groups is 1. The maximum Gasteiger partial charge on any atom is 0.436 e. The van der Waals surface area contributed by atoms with Crippen LogP contribution < -0.4 is 0 Å². The largest absolute Gasteiger partial charge is 0.443 e. The summed E-state index contributed by atoms with van der Waals surface area (Å²) in [5.41, 5.74) is -1.28. The molecule has 0 saturated carbocycles. The number of allylic oxidation sites excluding steroid dienone is 1. The van der Waals surface area contributed by atoms with Crippen molar-refractivity contribution in [2.45, 2.75) is 72.0 Å². The highest BCUT2D eigenvalue weighted by molar-refractivity contribution is 8.13. The van der Waals surface area contributed by atoms with E-state index in [4.69, 9.17) is 9.47 Å². The number of carbonyl (C=O) groups excluding carboxylic acids is 2. The van der Waals surface area contributed by atoms with E-state index in [1.165, 1.54) is 16.7 Å². The van der Waals surface area contributed by atoms with Gasteiger partial charge in [-0.05, 0) is 67.1 Å². The molecule has 0 atom stereocenters. The standard InChI is InChI=1S/C18H32N2O4S/c1-9-10-11-12-13-20(16(22)24-18(5,6)7)14(25-8)19-15(21)23-17(2,3)4/h9H,1,10-13H2,2-8H3/b19-14+. The van der Waals surface area contributed by atoms with Crippen molar-refractivity contribution in [1.82, 2.24) is 4.90 Å². The number of thioether (sulfide) groups is 1. The summed E-state index contributed by atoms with van der Waals surface area (Å²) in [5.74, 6) is 0. The fraction of sp³-hybridized carbons (Fsp3) is 0.722. The molecule has 0 aromatic heterocycles. The Kier molecular flexibility index (Phi) is 9.85. The number of carbonyl (C=O) groups is 2. The second-order valence-corrected chi connectivity index (χ2v) is 8.27. The molecule has 0 N–H and O–H groups in total. The average Bonchev–Trinajstić information content (AvgIpc) is 2.41. The predicted octanol–water partition coefficient (Wildman–Crippen LogP) is 5.23. The molecule has 0 heterocycles. The molecule has 6 nitrogen and oxygen atoms in total. The lowest BCUT2D eigenvalue weighted by Gasteiger charge is -2.27. The molecule has 0 aromatic carbocycles. The molecule has 0 unspecified atom stereocenters. The number of hydrogen-bond acceptors (Lipinski definition) is 5. The Morgan fingerprint density at radius 2 is 1.64 bits per heavy atom. The molecule has 0 aliphatic carbocycles. The minimum absolute atomic E-state index is 0.266. The van der Waals surface area contributed by atoms with Crippen LogP contribution in [0.2, 0.25) is 0 Å². The molecular formula is C18H32N2O4S. The van der Waals surface area contributed by atoms with E-state index < -0.39 is 23.4 Å². The third kappa shape index (κ3) is 11.6. The van der Waals surface area contributed by atoms with Crippen molar-refractivity contribution in [3.8, 4) is 0 Å². The van der Waals surface area contributed by atoms with Crippen LogP contribution in [-0.2, 0) is 9.47 Å². The summed E-state index contributed by atoms with van der Waals surface area (Å²) >= 11 is 1.20. The number of hydrogen-bond donors (Lipinski definition) is 0. The van der Waals surface area contributed by atoms with Crippen LogP contribution in [0.3, 0.4) is 0 Å². The molecule has 144 valence electrons. The van der Waals surface area contributed by atoms with Gasteiger partial charge in [0.25, 0.3) is 0 Å². The van der Waals surface area contributed by atoms with Crippen LogP contribution in [0.25, 0.3) is 0 Å². The molecule has 0 aromatic rings. The van der Waals surface area contributed by atoms with Gasteiger partial charge in [0.15, 0.2) is 5.17 Å². The highest BCUT2D eigenvalue weighted by Crippen LogP contribution is 2.16. The lowest BCUT2D eigenvalue weighted by Crippen LogP contribution is -2.40. The summed E-state index contributed by atoms with van der Waals surface area (Å²) in [7, 11) is 0. The normalized spacial score (nSPS) is 12.5. The van der Waals surface area contributed by atoms with E-state index in [0.29, 0.717) is 6.54 Å². The van der Waals surface area contributed by atoms with Crippen molar-refractivity contribution in [2.24, 2.45) is 4.99 Å². The lowest BCUT2D eigenvalue weighted by molar-refractivity contribution is 0.0371. The maximum absolute atomic E-state index is 12.5. The maximum atomic E-state index is 12.5. The van der Waals surface area contributed by atoms with Crippen LogP contribution in [0, 0.1) is 0 Å². The lowest BCUT2D eigenvalue weighted by atomic mass is 10.2. The van der Waals surface area contributed by atoms with Gasteiger partial charge in [0, 0.05) is 6.54 Å². The SMILES string of the molecule is C=CCCCCN(C(=O)OC(C)(C)C)/C(=N\C(=O)OC(C)(C)C)SC. The molecule has 0 bridgehead atoms. The number of amides is 2. The Hall–Kier alpha value is -1.50. The van der Waals surface area contributed by atoms with E-state index in [1.54, 1.807) is 47.8 Å². The van der Waals surface area contributed by atoms with Crippen molar-refractivity contribution < 1.29 is 19.1 Å². The van der Waals surface area contributed by atoms with Gasteiger partial charge in [-0.2, -0.15) is 4.99 Å². The van der Waals surface area contributed by atoms with Crippen LogP contribution in [-0.4, -0.2) is 46.3 Å². The highest BCUT2D eigenvalue weighted by atomic mass is 32.2. The van der Waals surface area contributed by atoms with Crippen LogP contribution in [0.15, 0.2) is 17.6 Å². The predicted molar refractivity (Wildman–Crippen MR) is 104 cm³/mol. The number of unbranched alkanes of at least 4 members (excludes halogenated alkanes) is 2. The van der Waals surface area contributed by atoms with Crippen LogP contribution in [0.4, 0.5) is 9.59 Å². The average molecular weight is 373 g/mol. The Labute approximate surface area is 156 Å². The minimum atomic E-state index is -0.725. The molecule has 0 rings (SSSR count). The first kappa shape index (κ1) is 23.5. The van der Waals surface area contributed by atoms with E-state index in [-0.39, 0.29) is 5.17 Å². The fourth-order valence-corrected chi connectivity index (χ4v) is 2.27. The molecule has 2 amide bonds. The summed E-state index contributed by atoms with van der Waals surface area (Å²) in [6.45, 7) is 14.8. The topological polar surface area (TPSA) is 68.2 Å². The Morgan fingerprint density at radius 3 is 2.08 bits per heavy atom. The van der Waals surface area contributed by atoms with Crippen molar-refractivity contribution in [3.63, 3.8) is 0 Å². The van der Waals surface area contributed by atoms with E-state index in [1.807, 2.05) is 6.08 Å². The zero-order valence-electron chi connectivity index (χ0n) is 16.5. The van der Waals surface area contributed by atoms with Crippen LogP contribution in [0.5, 0.6) is 0 Å². The summed E-state index contributed by atoms with van der Waals surface area (Å²) in [5, 5.41) is 0.266. The third-order valence-electron chi connectivity index (χ3n) is 2.65. The van der Waals surface area contributed by atoms with E-state index in [9.17, 15) is 9.59 Å². The Morgan fingerprint density at radius 1 is 1.08 bits per heavy atom. The van der Waals surface area contributed by atoms with Crippen LogP contribution >= 0.6 is 11.8 Å². The van der Waals surface area contributed by atoms with Gasteiger partial charge in [0.1, 0.15) is 11.2 Å². The zero-order valence-corrected chi connectivity index (χ0v) is 17.4. The first-order valence-corrected chi connectivity index (χ1v) is 9.59. The second-order valence-electron chi connectivity index (χ2n) is 7.50. The molecule has 7 heteroatoms. The Balaban J connectivity index is 5.31. The molecule has 0 aliphatic rings. The summed E-state index contributed by atoms with van der Waals surface area (Å²) in [4.78, 5) is 29.9. The summed E-state index contributed by atoms with van der Waals surface area (Å²) in [6, 6.07) is 0. The first-order chi connectivity index (χ1) is 11.4. The molecule has 0 radical (unpaired) electrons. The number of amidine groups is 1. The Bertz CT molecular complexity index is 490. The molecule has 25 heavy (non-hydrogen) atoms. The van der Waals surface area contributed by atoms with Crippen molar-refractivity contribution in [3.05, 3.63) is 12.7 Å². The minimum Gasteiger partial charge on any atom is -0.443 e. The number of ether oxygens (including phenoxy) is 2. The third-order valence-corrected chi connectivity index (χ3v) is 3.32. The van der Waals surface area contributed by atoms with Crippen molar-refractivity contribution in [1.29, 1.82) is 0 Å². The van der Waals surface area contributed by atoms with E-state index in [2.05, 4.69) is 11.6 Å². The highest BCUT2D eigenvalue weighted by Gasteiger charge is 2.26. The fourth-order valence-electron chi connectivity index (χ4n) is 1.72. The van der Waals surface area contributed by atoms with Gasteiger partial charge in [-0.15, -0.1) is 6.58 Å². The van der Waals surface area contributed by atoms with Gasteiger partial charge in [0.05, 0.1) is 0 Å². The molecule has 0 fully saturated rings. The van der Waals surface area contributed by atoms with E-state index in [0.717, 1.165) is 19.3 Å². The van der Waals surface area contributed by atoms with Gasteiger partial charge in [-0.25, -0.2) is 9.59 Å². The zero-order chi connectivity index (χ0) is 19.7. The second kappa shape index (κ2) is 10.5. The van der Waals surface area contributed by atoms with Crippen molar-refractivity contribution in [2.75, 3.05) is 12.8 Å². The summed E-state index contributed by atoms with van der Waals surface area (Å²) in [6.07, 6.45) is 4.84. The molecule has 0 spiro atoms. The van der Waals surface area contributed by atoms with Crippen molar-refractivity contribution >= 4 is 29.1 Å². The monoisotopic (exact) mass is 372 g/mol. The molecule has 0 aliphatic heterocycles.